The van der Waals surface area contributed by atoms with Gasteiger partial charge in [0.15, 0.2) is 0 Å². The third kappa shape index (κ3) is 6.91. The summed E-state index contributed by atoms with van der Waals surface area (Å²) < 4.78 is 5.50. The minimum absolute atomic E-state index is 0.0659. The Morgan fingerprint density at radius 3 is 2.34 bits per heavy atom. The molecule has 0 unspecified atom stereocenters. The number of nitrogens with zero attached hydrogens (tertiary/aromatic N) is 2. The highest BCUT2D eigenvalue weighted by Gasteiger charge is 2.50. The number of carbonyl (C=O) groups excluding carboxylic acids is 3. The van der Waals surface area contributed by atoms with E-state index in [1.165, 1.54) is 24.8 Å². The first-order chi connectivity index (χ1) is 22.4. The van der Waals surface area contributed by atoms with Crippen LogP contribution in [0.3, 0.4) is 0 Å². The Balaban J connectivity index is 1.21. The van der Waals surface area contributed by atoms with Crippen LogP contribution in [-0.4, -0.2) is 65.5 Å². The van der Waals surface area contributed by atoms with E-state index in [9.17, 15) is 14.4 Å². The van der Waals surface area contributed by atoms with Crippen LogP contribution >= 0.6 is 11.6 Å². The summed E-state index contributed by atoms with van der Waals surface area (Å²) >= 11 is 6.18. The summed E-state index contributed by atoms with van der Waals surface area (Å²) in [7, 11) is 0. The fourth-order valence-corrected chi connectivity index (χ4v) is 8.95. The fourth-order valence-electron chi connectivity index (χ4n) is 8.82. The van der Waals surface area contributed by atoms with Crippen LogP contribution in [-0.2, 0) is 32.7 Å². The smallest absolute Gasteiger partial charge is 0.410 e. The molecule has 9 heteroatoms. The maximum Gasteiger partial charge on any atom is 0.410 e. The summed E-state index contributed by atoms with van der Waals surface area (Å²) in [4.78, 5) is 45.2. The lowest BCUT2D eigenvalue weighted by Gasteiger charge is -2.51. The number of nitrogens with two attached hydrogens (primary N) is 1. The number of halogens is 1. The quantitative estimate of drug-likeness (QED) is 0.349. The van der Waals surface area contributed by atoms with Gasteiger partial charge < -0.3 is 20.7 Å². The molecular weight excluding hydrogens is 612 g/mol. The molecule has 8 nitrogen and oxygen atoms in total. The van der Waals surface area contributed by atoms with E-state index < -0.39 is 17.5 Å². The van der Waals surface area contributed by atoms with Crippen molar-refractivity contribution < 1.29 is 19.1 Å². The normalized spacial score (nSPS) is 26.3. The van der Waals surface area contributed by atoms with Crippen LogP contribution in [0.15, 0.2) is 48.5 Å². The first kappa shape index (κ1) is 33.8. The molecule has 2 aliphatic carbocycles. The van der Waals surface area contributed by atoms with Gasteiger partial charge in [0.25, 0.3) is 0 Å². The molecule has 47 heavy (non-hydrogen) atoms. The zero-order valence-electron chi connectivity index (χ0n) is 28.2. The Hall–Kier alpha value is -3.10. The van der Waals surface area contributed by atoms with Gasteiger partial charge in [0, 0.05) is 31.1 Å². The van der Waals surface area contributed by atoms with Crippen molar-refractivity contribution in [1.82, 2.24) is 15.1 Å². The minimum atomic E-state index is -0.845. The molecule has 2 aliphatic heterocycles. The van der Waals surface area contributed by atoms with Crippen molar-refractivity contribution >= 4 is 29.5 Å². The average molecular weight is 663 g/mol. The summed E-state index contributed by atoms with van der Waals surface area (Å²) in [6.45, 7) is 8.33. The third-order valence-electron chi connectivity index (χ3n) is 11.8. The lowest BCUT2D eigenvalue weighted by molar-refractivity contribution is -0.141. The van der Waals surface area contributed by atoms with Crippen LogP contribution in [0.4, 0.5) is 4.79 Å². The maximum atomic E-state index is 14.4. The molecule has 0 radical (unpaired) electrons. The van der Waals surface area contributed by atoms with Crippen LogP contribution in [0, 0.1) is 17.3 Å². The average Bonchev–Trinajstić information content (AvgIpc) is 3.32. The number of benzene rings is 2. The predicted molar refractivity (Wildman–Crippen MR) is 184 cm³/mol. The molecule has 6 rings (SSSR count). The second-order valence-corrected chi connectivity index (χ2v) is 15.8. The molecule has 0 spiro atoms. The monoisotopic (exact) mass is 662 g/mol. The van der Waals surface area contributed by atoms with E-state index in [4.69, 9.17) is 22.1 Å². The Morgan fingerprint density at radius 1 is 1.00 bits per heavy atom. The van der Waals surface area contributed by atoms with Crippen molar-refractivity contribution in [3.05, 3.63) is 70.2 Å². The summed E-state index contributed by atoms with van der Waals surface area (Å²) in [5.74, 6) is -0.193. The number of piperidine rings is 1. The van der Waals surface area contributed by atoms with Gasteiger partial charge in [-0.05, 0) is 99.5 Å². The lowest BCUT2D eigenvalue weighted by Crippen LogP contribution is -2.59. The van der Waals surface area contributed by atoms with E-state index in [1.807, 2.05) is 59.2 Å². The molecule has 3 N–H and O–H groups in total. The minimum Gasteiger partial charge on any atom is -0.447 e. The van der Waals surface area contributed by atoms with Gasteiger partial charge in [0.05, 0.1) is 17.0 Å². The SMILES string of the molecule is CC1(C)COC(=O)N1CC1(C2CCCCC2)CCN(C(=O)[C@@H](Cc2ccc(Cl)cc2)NC(=O)[C@@H]2CCc3ccccc3[C@]2(C)N)CC1. The molecule has 2 saturated heterocycles. The van der Waals surface area contributed by atoms with E-state index in [1.54, 1.807) is 0 Å². The van der Waals surface area contributed by atoms with Crippen molar-refractivity contribution in [2.75, 3.05) is 26.2 Å². The van der Waals surface area contributed by atoms with Crippen molar-refractivity contribution in [3.63, 3.8) is 0 Å². The molecule has 2 aromatic carbocycles. The molecule has 254 valence electrons. The summed E-state index contributed by atoms with van der Waals surface area (Å²) in [6, 6.07) is 14.8. The first-order valence-electron chi connectivity index (χ1n) is 17.5. The highest BCUT2D eigenvalue weighted by molar-refractivity contribution is 6.30. The molecule has 4 aliphatic rings. The standard InChI is InChI=1S/C38H51ClN4O4/c1-36(2)25-47-35(46)43(36)24-38(28-10-5-4-6-11-28)19-21-42(22-20-38)34(45)32(23-26-13-16-29(39)17-14-26)41-33(44)31-18-15-27-9-7-8-12-30(27)37(31,3)40/h7-9,12-14,16-17,28,31-32H,4-6,10-11,15,18-25,40H2,1-3H3,(H,41,44)/t31-,32+,37-/m0/s1. The highest BCUT2D eigenvalue weighted by Crippen LogP contribution is 2.48. The van der Waals surface area contributed by atoms with Crippen LogP contribution in [0.1, 0.15) is 88.8 Å². The lowest BCUT2D eigenvalue weighted by atomic mass is 9.63. The second kappa shape index (κ2) is 13.4. The van der Waals surface area contributed by atoms with Gasteiger partial charge in [-0.3, -0.25) is 14.5 Å². The van der Waals surface area contributed by atoms with Crippen LogP contribution in [0.2, 0.25) is 5.02 Å². The van der Waals surface area contributed by atoms with Gasteiger partial charge >= 0.3 is 6.09 Å². The van der Waals surface area contributed by atoms with E-state index >= 15 is 0 Å². The Morgan fingerprint density at radius 2 is 1.68 bits per heavy atom. The van der Waals surface area contributed by atoms with Gasteiger partial charge in [-0.2, -0.15) is 0 Å². The number of fused-ring (bicyclic) bond motifs is 1. The van der Waals surface area contributed by atoms with E-state index in [0.29, 0.717) is 50.0 Å². The fraction of sp³-hybridized carbons (Fsp3) is 0.605. The van der Waals surface area contributed by atoms with Gasteiger partial charge in [0.2, 0.25) is 11.8 Å². The Labute approximate surface area is 284 Å². The Bertz CT molecular complexity index is 1460. The number of amides is 3. The van der Waals surface area contributed by atoms with Gasteiger partial charge in [-0.25, -0.2) is 4.79 Å². The second-order valence-electron chi connectivity index (χ2n) is 15.4. The first-order valence-corrected chi connectivity index (χ1v) is 17.9. The summed E-state index contributed by atoms with van der Waals surface area (Å²) in [5, 5.41) is 3.81. The molecule has 3 fully saturated rings. The Kier molecular flexibility index (Phi) is 9.65. The maximum absolute atomic E-state index is 14.4. The van der Waals surface area contributed by atoms with E-state index in [2.05, 4.69) is 25.2 Å². The number of rotatable bonds is 8. The molecule has 1 saturated carbocycles. The summed E-state index contributed by atoms with van der Waals surface area (Å²) in [5.41, 5.74) is 8.73. The van der Waals surface area contributed by atoms with Crippen LogP contribution < -0.4 is 11.1 Å². The number of aryl methyl sites for hydroxylation is 1. The number of carbonyl (C=O) groups is 3. The number of ether oxygens (including phenoxy) is 1. The van der Waals surface area contributed by atoms with E-state index in [0.717, 1.165) is 43.2 Å². The third-order valence-corrected chi connectivity index (χ3v) is 12.1. The molecule has 2 aromatic rings. The number of likely N-dealkylation sites (tertiary alicyclic amines) is 1. The van der Waals surface area contributed by atoms with Crippen LogP contribution in [0.5, 0.6) is 0 Å². The van der Waals surface area contributed by atoms with Gasteiger partial charge in [-0.1, -0.05) is 67.3 Å². The number of nitrogens with one attached hydrogen (secondary N) is 1. The molecular formula is C38H51ClN4O4. The summed E-state index contributed by atoms with van der Waals surface area (Å²) in [6.07, 6.45) is 9.19. The predicted octanol–water partition coefficient (Wildman–Crippen LogP) is 6.22. The zero-order chi connectivity index (χ0) is 33.4. The number of cyclic esters (lactones) is 1. The van der Waals surface area contributed by atoms with Crippen molar-refractivity contribution in [2.24, 2.45) is 23.0 Å². The largest absolute Gasteiger partial charge is 0.447 e. The van der Waals surface area contributed by atoms with Gasteiger partial charge in [-0.15, -0.1) is 0 Å². The molecule has 2 heterocycles. The molecule has 3 amide bonds. The van der Waals surface area contributed by atoms with Crippen LogP contribution in [0.25, 0.3) is 0 Å². The molecule has 3 atom stereocenters. The van der Waals surface area contributed by atoms with Crippen molar-refractivity contribution in [2.45, 2.75) is 102 Å². The van der Waals surface area contributed by atoms with Crippen molar-refractivity contribution in [3.8, 4) is 0 Å². The molecule has 0 aromatic heterocycles. The topological polar surface area (TPSA) is 105 Å². The molecule has 0 bridgehead atoms. The number of hydrogen-bond acceptors (Lipinski definition) is 5. The van der Waals surface area contributed by atoms with Gasteiger partial charge in [0.1, 0.15) is 12.6 Å². The highest BCUT2D eigenvalue weighted by atomic mass is 35.5. The number of hydrogen-bond donors (Lipinski definition) is 2. The van der Waals surface area contributed by atoms with E-state index in [-0.39, 0.29) is 28.9 Å². The zero-order valence-corrected chi connectivity index (χ0v) is 29.0. The van der Waals surface area contributed by atoms with Crippen molar-refractivity contribution in [1.29, 1.82) is 0 Å².